The SMILES string of the molecule is COc1ccc(CCN(Cc2ccc(C)o2)Cc2ccc(C)o2)cc1OC. The second kappa shape index (κ2) is 8.82. The Kier molecular flexibility index (Phi) is 6.24. The summed E-state index contributed by atoms with van der Waals surface area (Å²) >= 11 is 0. The molecular weight excluding hydrogens is 342 g/mol. The molecule has 0 atom stereocenters. The number of furan rings is 2. The van der Waals surface area contributed by atoms with Crippen molar-refractivity contribution in [2.75, 3.05) is 20.8 Å². The summed E-state index contributed by atoms with van der Waals surface area (Å²) in [6.07, 6.45) is 0.889. The van der Waals surface area contributed by atoms with Crippen LogP contribution in [0.5, 0.6) is 11.5 Å². The molecule has 5 nitrogen and oxygen atoms in total. The largest absolute Gasteiger partial charge is 0.493 e. The van der Waals surface area contributed by atoms with Gasteiger partial charge in [-0.05, 0) is 62.2 Å². The fourth-order valence-electron chi connectivity index (χ4n) is 3.12. The van der Waals surface area contributed by atoms with Crippen molar-refractivity contribution < 1.29 is 18.3 Å². The van der Waals surface area contributed by atoms with Gasteiger partial charge in [0, 0.05) is 6.54 Å². The maximum Gasteiger partial charge on any atom is 0.160 e. The van der Waals surface area contributed by atoms with Crippen LogP contribution in [0, 0.1) is 13.8 Å². The van der Waals surface area contributed by atoms with Crippen molar-refractivity contribution in [2.24, 2.45) is 0 Å². The van der Waals surface area contributed by atoms with E-state index in [-0.39, 0.29) is 0 Å². The monoisotopic (exact) mass is 369 g/mol. The minimum Gasteiger partial charge on any atom is -0.493 e. The fourth-order valence-corrected chi connectivity index (χ4v) is 3.12. The molecular formula is C22H27NO4. The van der Waals surface area contributed by atoms with Gasteiger partial charge in [-0.15, -0.1) is 0 Å². The van der Waals surface area contributed by atoms with Crippen LogP contribution in [0.1, 0.15) is 28.6 Å². The van der Waals surface area contributed by atoms with E-state index >= 15 is 0 Å². The molecule has 2 aromatic heterocycles. The van der Waals surface area contributed by atoms with Gasteiger partial charge < -0.3 is 18.3 Å². The van der Waals surface area contributed by atoms with Gasteiger partial charge in [0.1, 0.15) is 23.0 Å². The van der Waals surface area contributed by atoms with Crippen LogP contribution in [0.4, 0.5) is 0 Å². The normalized spacial score (nSPS) is 11.1. The third kappa shape index (κ3) is 5.17. The average molecular weight is 369 g/mol. The predicted octanol–water partition coefficient (Wildman–Crippen LogP) is 4.75. The van der Waals surface area contributed by atoms with Crippen LogP contribution in [0.15, 0.2) is 51.3 Å². The lowest BCUT2D eigenvalue weighted by Gasteiger charge is -2.20. The zero-order valence-corrected chi connectivity index (χ0v) is 16.5. The molecule has 3 aromatic rings. The van der Waals surface area contributed by atoms with Gasteiger partial charge in [-0.2, -0.15) is 0 Å². The van der Waals surface area contributed by atoms with E-state index < -0.39 is 0 Å². The van der Waals surface area contributed by atoms with Crippen LogP contribution in [-0.4, -0.2) is 25.7 Å². The summed E-state index contributed by atoms with van der Waals surface area (Å²) in [5.74, 6) is 5.28. The van der Waals surface area contributed by atoms with Gasteiger partial charge >= 0.3 is 0 Å². The molecule has 0 amide bonds. The number of rotatable bonds is 9. The number of methoxy groups -OCH3 is 2. The lowest BCUT2D eigenvalue weighted by Crippen LogP contribution is -2.25. The van der Waals surface area contributed by atoms with Gasteiger partial charge in [0.2, 0.25) is 0 Å². The van der Waals surface area contributed by atoms with Crippen molar-refractivity contribution in [3.8, 4) is 11.5 Å². The Hall–Kier alpha value is -2.66. The lowest BCUT2D eigenvalue weighted by molar-refractivity contribution is 0.218. The Balaban J connectivity index is 1.70. The molecule has 0 aliphatic rings. The van der Waals surface area contributed by atoms with Gasteiger partial charge in [0.15, 0.2) is 11.5 Å². The highest BCUT2D eigenvalue weighted by molar-refractivity contribution is 5.42. The maximum atomic E-state index is 5.77. The summed E-state index contributed by atoms with van der Waals surface area (Å²) < 4.78 is 22.3. The van der Waals surface area contributed by atoms with Crippen molar-refractivity contribution in [3.05, 3.63) is 71.1 Å². The Bertz CT molecular complexity index is 823. The van der Waals surface area contributed by atoms with Crippen LogP contribution >= 0.6 is 0 Å². The first-order valence-corrected chi connectivity index (χ1v) is 9.11. The van der Waals surface area contributed by atoms with Gasteiger partial charge in [0.05, 0.1) is 27.3 Å². The number of ether oxygens (including phenoxy) is 2. The minimum atomic E-state index is 0.737. The number of hydrogen-bond acceptors (Lipinski definition) is 5. The molecule has 0 unspecified atom stereocenters. The Morgan fingerprint density at radius 2 is 1.37 bits per heavy atom. The molecule has 5 heteroatoms. The molecule has 0 aliphatic heterocycles. The molecule has 0 saturated heterocycles. The Morgan fingerprint density at radius 3 is 1.85 bits per heavy atom. The number of nitrogens with zero attached hydrogens (tertiary/aromatic N) is 1. The quantitative estimate of drug-likeness (QED) is 0.545. The summed E-state index contributed by atoms with van der Waals surface area (Å²) in [7, 11) is 3.31. The van der Waals surface area contributed by atoms with E-state index in [4.69, 9.17) is 18.3 Å². The Labute approximate surface area is 160 Å². The smallest absolute Gasteiger partial charge is 0.160 e. The summed E-state index contributed by atoms with van der Waals surface area (Å²) in [5, 5.41) is 0. The van der Waals surface area contributed by atoms with E-state index in [1.807, 2.05) is 50.2 Å². The van der Waals surface area contributed by atoms with Crippen molar-refractivity contribution in [2.45, 2.75) is 33.4 Å². The third-order valence-corrected chi connectivity index (χ3v) is 4.52. The first-order valence-electron chi connectivity index (χ1n) is 9.11. The molecule has 2 heterocycles. The van der Waals surface area contributed by atoms with Gasteiger partial charge in [-0.3, -0.25) is 4.90 Å². The highest BCUT2D eigenvalue weighted by atomic mass is 16.5. The highest BCUT2D eigenvalue weighted by Crippen LogP contribution is 2.28. The Morgan fingerprint density at radius 1 is 0.778 bits per heavy atom. The molecule has 0 saturated carbocycles. The fraction of sp³-hybridized carbons (Fsp3) is 0.364. The molecule has 3 rings (SSSR count). The molecule has 0 aliphatic carbocycles. The average Bonchev–Trinajstić information content (AvgIpc) is 3.27. The van der Waals surface area contributed by atoms with Crippen LogP contribution in [-0.2, 0) is 19.5 Å². The van der Waals surface area contributed by atoms with E-state index in [1.165, 1.54) is 5.56 Å². The van der Waals surface area contributed by atoms with Crippen molar-refractivity contribution in [3.63, 3.8) is 0 Å². The predicted molar refractivity (Wildman–Crippen MR) is 104 cm³/mol. The van der Waals surface area contributed by atoms with Gasteiger partial charge in [0.25, 0.3) is 0 Å². The first kappa shape index (κ1) is 19.1. The summed E-state index contributed by atoms with van der Waals surface area (Å²) in [5.41, 5.74) is 1.20. The van der Waals surface area contributed by atoms with Crippen LogP contribution in [0.2, 0.25) is 0 Å². The van der Waals surface area contributed by atoms with E-state index in [9.17, 15) is 0 Å². The summed E-state index contributed by atoms with van der Waals surface area (Å²) in [4.78, 5) is 2.33. The van der Waals surface area contributed by atoms with Gasteiger partial charge in [-0.25, -0.2) is 0 Å². The van der Waals surface area contributed by atoms with Crippen molar-refractivity contribution in [1.29, 1.82) is 0 Å². The molecule has 1 aromatic carbocycles. The van der Waals surface area contributed by atoms with E-state index in [0.717, 1.165) is 60.6 Å². The van der Waals surface area contributed by atoms with E-state index in [2.05, 4.69) is 11.0 Å². The maximum absolute atomic E-state index is 5.77. The van der Waals surface area contributed by atoms with Crippen LogP contribution in [0.25, 0.3) is 0 Å². The van der Waals surface area contributed by atoms with E-state index in [0.29, 0.717) is 0 Å². The van der Waals surface area contributed by atoms with Crippen molar-refractivity contribution >= 4 is 0 Å². The molecule has 27 heavy (non-hydrogen) atoms. The van der Waals surface area contributed by atoms with Crippen LogP contribution in [0.3, 0.4) is 0 Å². The molecule has 144 valence electrons. The topological polar surface area (TPSA) is 48.0 Å². The number of hydrogen-bond donors (Lipinski definition) is 0. The first-order chi connectivity index (χ1) is 13.1. The zero-order valence-electron chi connectivity index (χ0n) is 16.5. The molecule has 0 spiro atoms. The highest BCUT2D eigenvalue weighted by Gasteiger charge is 2.13. The van der Waals surface area contributed by atoms with Crippen molar-refractivity contribution in [1.82, 2.24) is 4.90 Å². The minimum absolute atomic E-state index is 0.737. The van der Waals surface area contributed by atoms with E-state index in [1.54, 1.807) is 14.2 Å². The lowest BCUT2D eigenvalue weighted by atomic mass is 10.1. The summed E-state index contributed by atoms with van der Waals surface area (Å²) in [6, 6.07) is 14.1. The van der Waals surface area contributed by atoms with Crippen LogP contribution < -0.4 is 9.47 Å². The zero-order chi connectivity index (χ0) is 19.2. The number of aryl methyl sites for hydroxylation is 2. The second-order valence-corrected chi connectivity index (χ2v) is 6.67. The summed E-state index contributed by atoms with van der Waals surface area (Å²) in [6.45, 7) is 6.28. The standard InChI is InChI=1S/C22H27NO4/c1-16-5-8-19(26-16)14-23(15-20-9-6-17(2)27-20)12-11-18-7-10-21(24-3)22(13-18)25-4/h5-10,13H,11-12,14-15H2,1-4H3. The third-order valence-electron chi connectivity index (χ3n) is 4.52. The number of benzene rings is 1. The molecule has 0 N–H and O–H groups in total. The molecule has 0 radical (unpaired) electrons. The molecule has 0 bridgehead atoms. The molecule has 0 fully saturated rings. The van der Waals surface area contributed by atoms with Gasteiger partial charge in [-0.1, -0.05) is 6.07 Å². The second-order valence-electron chi connectivity index (χ2n) is 6.67.